The zero-order valence-electron chi connectivity index (χ0n) is 15.6. The van der Waals surface area contributed by atoms with Crippen LogP contribution in [0.4, 0.5) is 0 Å². The fourth-order valence-corrected chi connectivity index (χ4v) is 3.44. The normalized spacial score (nSPS) is 18.8. The molecule has 150 valence electrons. The van der Waals surface area contributed by atoms with Gasteiger partial charge in [0.2, 0.25) is 3.79 Å². The number of hydrogen-bond acceptors (Lipinski definition) is 4. The van der Waals surface area contributed by atoms with Crippen LogP contribution in [0.2, 0.25) is 0 Å². The van der Waals surface area contributed by atoms with Crippen LogP contribution in [0.15, 0.2) is 42.6 Å². The molecule has 1 aliphatic rings. The number of allylic oxidation sites excluding steroid dienone is 1. The average molecular weight is 434 g/mol. The zero-order valence-corrected chi connectivity index (χ0v) is 17.9. The van der Waals surface area contributed by atoms with Gasteiger partial charge in [-0.3, -0.25) is 4.79 Å². The summed E-state index contributed by atoms with van der Waals surface area (Å²) in [6.45, 7) is 7.04. The Hall–Kier alpha value is -0.940. The molecule has 0 radical (unpaired) electrons. The highest BCUT2D eigenvalue weighted by Crippen LogP contribution is 2.27. The summed E-state index contributed by atoms with van der Waals surface area (Å²) in [5.41, 5.74) is 5.53. The molecule has 0 amide bonds. The first-order valence-electron chi connectivity index (χ1n) is 9.30. The number of esters is 1. The van der Waals surface area contributed by atoms with Gasteiger partial charge in [-0.1, -0.05) is 85.1 Å². The molecule has 0 spiro atoms. The van der Waals surface area contributed by atoms with Crippen molar-refractivity contribution in [1.82, 2.24) is 10.4 Å². The molecule has 0 aromatic heterocycles. The zero-order chi connectivity index (χ0) is 19.9. The Kier molecular flexibility index (Phi) is 8.74. The van der Waals surface area contributed by atoms with Crippen LogP contribution in [-0.4, -0.2) is 34.0 Å². The third kappa shape index (κ3) is 7.53. The van der Waals surface area contributed by atoms with Crippen LogP contribution in [-0.2, 0) is 16.0 Å². The van der Waals surface area contributed by atoms with Crippen molar-refractivity contribution in [1.29, 1.82) is 0 Å². The maximum Gasteiger partial charge on any atom is 0.325 e. The third-order valence-electron chi connectivity index (χ3n) is 4.63. The number of nitrogens with zero attached hydrogens (tertiary/aromatic N) is 1. The second-order valence-electron chi connectivity index (χ2n) is 6.87. The van der Waals surface area contributed by atoms with Crippen LogP contribution >= 0.6 is 34.8 Å². The molecular weight excluding hydrogens is 407 g/mol. The molecule has 4 nitrogen and oxygen atoms in total. The maximum absolute atomic E-state index is 12.3. The minimum atomic E-state index is -1.60. The van der Waals surface area contributed by atoms with E-state index in [1.807, 2.05) is 11.1 Å². The van der Waals surface area contributed by atoms with Crippen molar-refractivity contribution in [3.63, 3.8) is 0 Å². The lowest BCUT2D eigenvalue weighted by Gasteiger charge is -2.38. The van der Waals surface area contributed by atoms with E-state index in [9.17, 15) is 4.79 Å². The van der Waals surface area contributed by atoms with E-state index in [1.54, 1.807) is 0 Å². The number of ether oxygens (including phenoxy) is 1. The topological polar surface area (TPSA) is 41.6 Å². The molecule has 1 aliphatic heterocycles. The van der Waals surface area contributed by atoms with E-state index in [1.165, 1.54) is 5.56 Å². The van der Waals surface area contributed by atoms with E-state index in [0.717, 1.165) is 37.9 Å². The Balaban J connectivity index is 1.97. The van der Waals surface area contributed by atoms with Gasteiger partial charge in [-0.25, -0.2) is 5.43 Å². The Morgan fingerprint density at radius 1 is 1.37 bits per heavy atom. The van der Waals surface area contributed by atoms with Crippen molar-refractivity contribution in [3.05, 3.63) is 48.2 Å². The van der Waals surface area contributed by atoms with Gasteiger partial charge in [-0.05, 0) is 31.2 Å². The Morgan fingerprint density at radius 3 is 2.70 bits per heavy atom. The summed E-state index contributed by atoms with van der Waals surface area (Å²) in [6.07, 6.45) is 4.57. The smallest absolute Gasteiger partial charge is 0.325 e. The maximum atomic E-state index is 12.3. The van der Waals surface area contributed by atoms with Gasteiger partial charge >= 0.3 is 5.97 Å². The summed E-state index contributed by atoms with van der Waals surface area (Å²) in [5, 5.41) is 1.99. The van der Waals surface area contributed by atoms with Gasteiger partial charge in [0.15, 0.2) is 0 Å². The van der Waals surface area contributed by atoms with E-state index in [2.05, 4.69) is 43.2 Å². The summed E-state index contributed by atoms with van der Waals surface area (Å²) < 4.78 is 3.52. The molecule has 27 heavy (non-hydrogen) atoms. The predicted molar refractivity (Wildman–Crippen MR) is 112 cm³/mol. The Bertz CT molecular complexity index is 619. The molecule has 2 rings (SSSR count). The Morgan fingerprint density at radius 2 is 2.07 bits per heavy atom. The fraction of sp³-hybridized carbons (Fsp3) is 0.550. The minimum absolute atomic E-state index is 0.262. The molecular formula is C20H27Cl3N2O2. The van der Waals surface area contributed by atoms with Crippen LogP contribution in [0.1, 0.15) is 38.2 Å². The number of alkyl halides is 3. The SMILES string of the molecule is C=C(C(CCC)Cc1ccccc1)N1CCCC(C(=O)OCC(Cl)(Cl)Cl)N1. The Labute approximate surface area is 176 Å². The number of benzene rings is 1. The number of hydrogen-bond donors (Lipinski definition) is 1. The van der Waals surface area contributed by atoms with Crippen LogP contribution in [0.3, 0.4) is 0 Å². The lowest BCUT2D eigenvalue weighted by atomic mass is 9.92. The molecule has 0 saturated carbocycles. The number of halogens is 3. The standard InChI is InChI=1S/C20H27Cl3N2O2/c1-3-8-17(13-16-9-5-4-6-10-16)15(2)25-12-7-11-18(24-25)19(26)27-14-20(21,22)23/h4-6,9-10,17-18,24H,2-3,7-8,11-14H2,1H3. The van der Waals surface area contributed by atoms with Gasteiger partial charge in [0, 0.05) is 18.2 Å². The first-order valence-corrected chi connectivity index (χ1v) is 10.4. The summed E-state index contributed by atoms with van der Waals surface area (Å²) in [5.74, 6) is -0.102. The summed E-state index contributed by atoms with van der Waals surface area (Å²) in [4.78, 5) is 12.3. The van der Waals surface area contributed by atoms with Crippen LogP contribution in [0, 0.1) is 5.92 Å². The quantitative estimate of drug-likeness (QED) is 0.460. The highest BCUT2D eigenvalue weighted by atomic mass is 35.6. The molecule has 7 heteroatoms. The first kappa shape index (κ1) is 22.4. The lowest BCUT2D eigenvalue weighted by Crippen LogP contribution is -2.53. The molecule has 0 bridgehead atoms. The molecule has 2 atom stereocenters. The van der Waals surface area contributed by atoms with Gasteiger partial charge in [0.25, 0.3) is 0 Å². The average Bonchev–Trinajstić information content (AvgIpc) is 2.65. The van der Waals surface area contributed by atoms with Gasteiger partial charge in [-0.15, -0.1) is 0 Å². The number of rotatable bonds is 8. The molecule has 1 N–H and O–H groups in total. The predicted octanol–water partition coefficient (Wildman–Crippen LogP) is 5.04. The van der Waals surface area contributed by atoms with Crippen molar-refractivity contribution in [2.75, 3.05) is 13.2 Å². The molecule has 1 fully saturated rings. The highest BCUT2D eigenvalue weighted by Gasteiger charge is 2.31. The minimum Gasteiger partial charge on any atom is -0.460 e. The number of carbonyl (C=O) groups excluding carboxylic acids is 1. The molecule has 1 heterocycles. The lowest BCUT2D eigenvalue weighted by molar-refractivity contribution is -0.148. The molecule has 1 aromatic carbocycles. The first-order chi connectivity index (χ1) is 12.8. The van der Waals surface area contributed by atoms with E-state index in [-0.39, 0.29) is 6.61 Å². The third-order valence-corrected chi connectivity index (χ3v) is 4.96. The van der Waals surface area contributed by atoms with Crippen LogP contribution < -0.4 is 5.43 Å². The molecule has 1 saturated heterocycles. The van der Waals surface area contributed by atoms with Crippen molar-refractivity contribution < 1.29 is 9.53 Å². The molecule has 1 aromatic rings. The van der Waals surface area contributed by atoms with Crippen LogP contribution in [0.5, 0.6) is 0 Å². The van der Waals surface area contributed by atoms with Crippen LogP contribution in [0.25, 0.3) is 0 Å². The van der Waals surface area contributed by atoms with Gasteiger partial charge in [0.05, 0.1) is 0 Å². The number of carbonyl (C=O) groups is 1. The van der Waals surface area contributed by atoms with E-state index < -0.39 is 15.8 Å². The second kappa shape index (κ2) is 10.6. The number of nitrogens with one attached hydrogen (secondary N) is 1. The summed E-state index contributed by atoms with van der Waals surface area (Å²) in [7, 11) is 0. The van der Waals surface area contributed by atoms with Crippen molar-refractivity contribution in [2.45, 2.75) is 48.9 Å². The van der Waals surface area contributed by atoms with Crippen molar-refractivity contribution in [2.24, 2.45) is 5.92 Å². The van der Waals surface area contributed by atoms with E-state index >= 15 is 0 Å². The number of hydrazine groups is 1. The summed E-state index contributed by atoms with van der Waals surface area (Å²) >= 11 is 17.0. The van der Waals surface area contributed by atoms with E-state index in [0.29, 0.717) is 12.3 Å². The van der Waals surface area contributed by atoms with E-state index in [4.69, 9.17) is 39.5 Å². The van der Waals surface area contributed by atoms with Gasteiger partial charge < -0.3 is 9.75 Å². The summed E-state index contributed by atoms with van der Waals surface area (Å²) in [6, 6.07) is 9.94. The molecule has 0 aliphatic carbocycles. The largest absolute Gasteiger partial charge is 0.460 e. The van der Waals surface area contributed by atoms with Gasteiger partial charge in [0.1, 0.15) is 12.6 Å². The monoisotopic (exact) mass is 432 g/mol. The molecule has 2 unspecified atom stereocenters. The fourth-order valence-electron chi connectivity index (χ4n) is 3.28. The van der Waals surface area contributed by atoms with Crippen molar-refractivity contribution in [3.8, 4) is 0 Å². The van der Waals surface area contributed by atoms with Crippen molar-refractivity contribution >= 4 is 40.8 Å². The van der Waals surface area contributed by atoms with Gasteiger partial charge in [-0.2, -0.15) is 0 Å². The highest BCUT2D eigenvalue weighted by molar-refractivity contribution is 6.67. The second-order valence-corrected chi connectivity index (χ2v) is 9.38.